The first kappa shape index (κ1) is 19.3. The minimum Gasteiger partial charge on any atom is -0.489 e. The summed E-state index contributed by atoms with van der Waals surface area (Å²) in [6.45, 7) is 0.0104. The van der Waals surface area contributed by atoms with Crippen molar-refractivity contribution in [2.75, 3.05) is 33.1 Å². The van der Waals surface area contributed by atoms with Gasteiger partial charge in [-0.3, -0.25) is 4.98 Å². The quantitative estimate of drug-likeness (QED) is 0.679. The van der Waals surface area contributed by atoms with Gasteiger partial charge in [-0.1, -0.05) is 18.2 Å². The fourth-order valence-corrected chi connectivity index (χ4v) is 3.40. The smallest absolute Gasteiger partial charge is 0.217 e. The SMILES string of the molecule is COCC(c1ccccn1)N(C)S(=O)(=O)CCOc1ccccc1F. The number of sulfonamides is 1. The fraction of sp³-hybridized carbons (Fsp3) is 0.353. The molecule has 0 amide bonds. The van der Waals surface area contributed by atoms with Gasteiger partial charge < -0.3 is 9.47 Å². The maximum absolute atomic E-state index is 13.5. The Bertz CT molecular complexity index is 771. The van der Waals surface area contributed by atoms with Crippen molar-refractivity contribution in [3.63, 3.8) is 0 Å². The van der Waals surface area contributed by atoms with Crippen LogP contribution in [0.5, 0.6) is 5.75 Å². The topological polar surface area (TPSA) is 68.7 Å². The van der Waals surface area contributed by atoms with Gasteiger partial charge in [-0.2, -0.15) is 4.31 Å². The Balaban J connectivity index is 2.04. The Morgan fingerprint density at radius 3 is 2.56 bits per heavy atom. The zero-order valence-electron chi connectivity index (χ0n) is 14.1. The van der Waals surface area contributed by atoms with E-state index in [0.717, 1.165) is 0 Å². The van der Waals surface area contributed by atoms with Crippen LogP contribution in [0.3, 0.4) is 0 Å². The van der Waals surface area contributed by atoms with E-state index in [-0.39, 0.29) is 24.7 Å². The predicted molar refractivity (Wildman–Crippen MR) is 92.3 cm³/mol. The molecule has 1 aromatic heterocycles. The average molecular weight is 368 g/mol. The molecule has 0 N–H and O–H groups in total. The molecule has 1 unspecified atom stereocenters. The summed E-state index contributed by atoms with van der Waals surface area (Å²) in [6, 6.07) is 10.6. The minimum absolute atomic E-state index is 0.0264. The molecule has 0 spiro atoms. The lowest BCUT2D eigenvalue weighted by Gasteiger charge is -2.26. The van der Waals surface area contributed by atoms with Crippen LogP contribution in [0.15, 0.2) is 48.7 Å². The number of ether oxygens (including phenoxy) is 2. The van der Waals surface area contributed by atoms with Crippen molar-refractivity contribution in [2.24, 2.45) is 0 Å². The molecule has 0 radical (unpaired) electrons. The molecule has 1 aromatic carbocycles. The van der Waals surface area contributed by atoms with Crippen LogP contribution in [0.25, 0.3) is 0 Å². The fourth-order valence-electron chi connectivity index (χ4n) is 2.26. The molecule has 8 heteroatoms. The van der Waals surface area contributed by atoms with Gasteiger partial charge in [-0.05, 0) is 24.3 Å². The van der Waals surface area contributed by atoms with Crippen molar-refractivity contribution >= 4 is 10.0 Å². The summed E-state index contributed by atoms with van der Waals surface area (Å²) in [6.07, 6.45) is 1.60. The van der Waals surface area contributed by atoms with Gasteiger partial charge in [0.25, 0.3) is 0 Å². The van der Waals surface area contributed by atoms with Gasteiger partial charge >= 0.3 is 0 Å². The molecule has 0 saturated heterocycles. The molecular weight excluding hydrogens is 347 g/mol. The zero-order valence-corrected chi connectivity index (χ0v) is 14.9. The Labute approximate surface area is 147 Å². The van der Waals surface area contributed by atoms with Crippen LogP contribution in [0.2, 0.25) is 0 Å². The number of pyridine rings is 1. The Hall–Kier alpha value is -2.03. The molecule has 2 aromatic rings. The van der Waals surface area contributed by atoms with E-state index in [1.165, 1.54) is 36.7 Å². The highest BCUT2D eigenvalue weighted by atomic mass is 32.2. The molecule has 0 aliphatic carbocycles. The van der Waals surface area contributed by atoms with Gasteiger partial charge in [0.1, 0.15) is 6.61 Å². The summed E-state index contributed by atoms with van der Waals surface area (Å²) in [7, 11) is -0.680. The van der Waals surface area contributed by atoms with Crippen LogP contribution in [0.1, 0.15) is 11.7 Å². The molecule has 0 saturated carbocycles. The largest absolute Gasteiger partial charge is 0.489 e. The van der Waals surface area contributed by atoms with Crippen LogP contribution in [-0.4, -0.2) is 50.8 Å². The van der Waals surface area contributed by atoms with Gasteiger partial charge in [0.2, 0.25) is 10.0 Å². The summed E-state index contributed by atoms with van der Waals surface area (Å²) in [5.74, 6) is -0.789. The highest BCUT2D eigenvalue weighted by Crippen LogP contribution is 2.21. The first-order chi connectivity index (χ1) is 12.0. The third kappa shape index (κ3) is 5.22. The van der Waals surface area contributed by atoms with Crippen LogP contribution in [0.4, 0.5) is 4.39 Å². The van der Waals surface area contributed by atoms with Gasteiger partial charge in [0.05, 0.1) is 24.1 Å². The lowest BCUT2D eigenvalue weighted by atomic mass is 10.2. The second kappa shape index (κ2) is 8.89. The van der Waals surface area contributed by atoms with E-state index in [2.05, 4.69) is 4.98 Å². The summed E-state index contributed by atoms with van der Waals surface area (Å²) in [4.78, 5) is 4.20. The predicted octanol–water partition coefficient (Wildman–Crippen LogP) is 2.25. The first-order valence-corrected chi connectivity index (χ1v) is 9.29. The van der Waals surface area contributed by atoms with Gasteiger partial charge in [-0.25, -0.2) is 12.8 Å². The van der Waals surface area contributed by atoms with Crippen molar-refractivity contribution in [1.82, 2.24) is 9.29 Å². The van der Waals surface area contributed by atoms with Crippen LogP contribution in [-0.2, 0) is 14.8 Å². The van der Waals surface area contributed by atoms with Crippen LogP contribution in [0, 0.1) is 5.82 Å². The summed E-state index contributed by atoms with van der Waals surface area (Å²) >= 11 is 0. The number of halogens is 1. The van der Waals surface area contributed by atoms with E-state index in [9.17, 15) is 12.8 Å². The van der Waals surface area contributed by atoms with E-state index in [0.29, 0.717) is 5.69 Å². The molecule has 1 heterocycles. The van der Waals surface area contributed by atoms with E-state index >= 15 is 0 Å². The number of rotatable bonds is 9. The first-order valence-electron chi connectivity index (χ1n) is 7.68. The maximum Gasteiger partial charge on any atom is 0.217 e. The van der Waals surface area contributed by atoms with Crippen LogP contribution < -0.4 is 4.74 Å². The highest BCUT2D eigenvalue weighted by molar-refractivity contribution is 7.89. The lowest BCUT2D eigenvalue weighted by molar-refractivity contribution is 0.140. The van der Waals surface area contributed by atoms with E-state index in [1.807, 2.05) is 0 Å². The highest BCUT2D eigenvalue weighted by Gasteiger charge is 2.28. The minimum atomic E-state index is -3.65. The number of para-hydroxylation sites is 1. The number of aromatic nitrogens is 1. The summed E-state index contributed by atoms with van der Waals surface area (Å²) in [5.41, 5.74) is 0.588. The van der Waals surface area contributed by atoms with Crippen molar-refractivity contribution in [2.45, 2.75) is 6.04 Å². The number of methoxy groups -OCH3 is 1. The van der Waals surface area contributed by atoms with Crippen LogP contribution >= 0.6 is 0 Å². The summed E-state index contributed by atoms with van der Waals surface area (Å²) < 4.78 is 50.2. The Morgan fingerprint density at radius 2 is 1.92 bits per heavy atom. The third-order valence-electron chi connectivity index (χ3n) is 3.67. The molecule has 1 atom stereocenters. The zero-order chi connectivity index (χ0) is 18.3. The van der Waals surface area contributed by atoms with Gasteiger partial charge in [-0.15, -0.1) is 0 Å². The second-order valence-corrected chi connectivity index (χ2v) is 7.48. The van der Waals surface area contributed by atoms with E-state index < -0.39 is 21.9 Å². The van der Waals surface area contributed by atoms with Crippen molar-refractivity contribution in [1.29, 1.82) is 0 Å². The van der Waals surface area contributed by atoms with E-state index in [4.69, 9.17) is 9.47 Å². The molecule has 0 bridgehead atoms. The van der Waals surface area contributed by atoms with Crippen molar-refractivity contribution < 1.29 is 22.3 Å². The van der Waals surface area contributed by atoms with E-state index in [1.54, 1.807) is 30.5 Å². The number of likely N-dealkylation sites (N-methyl/N-ethyl adjacent to an activating group) is 1. The monoisotopic (exact) mass is 368 g/mol. The third-order valence-corrected chi connectivity index (χ3v) is 5.48. The molecule has 136 valence electrons. The molecular formula is C17H21FN2O4S. The maximum atomic E-state index is 13.5. The van der Waals surface area contributed by atoms with Gasteiger partial charge in [0, 0.05) is 20.4 Å². The standard InChI is InChI=1S/C17H21FN2O4S/c1-20(16(13-23-2)15-8-5-6-10-19-15)25(21,22)12-11-24-17-9-4-3-7-14(17)18/h3-10,16H,11-13H2,1-2H3. The van der Waals surface area contributed by atoms with Crippen molar-refractivity contribution in [3.05, 3.63) is 60.2 Å². The molecule has 0 aliphatic heterocycles. The normalized spacial score (nSPS) is 13.0. The number of benzene rings is 1. The lowest BCUT2D eigenvalue weighted by Crippen LogP contribution is -2.37. The molecule has 6 nitrogen and oxygen atoms in total. The number of nitrogens with zero attached hydrogens (tertiary/aromatic N) is 2. The second-order valence-electron chi connectivity index (χ2n) is 5.34. The van der Waals surface area contributed by atoms with Gasteiger partial charge in [0.15, 0.2) is 11.6 Å². The Morgan fingerprint density at radius 1 is 1.20 bits per heavy atom. The molecule has 0 fully saturated rings. The van der Waals surface area contributed by atoms with Crippen molar-refractivity contribution in [3.8, 4) is 5.75 Å². The number of hydrogen-bond donors (Lipinski definition) is 0. The molecule has 2 rings (SSSR count). The number of hydrogen-bond acceptors (Lipinski definition) is 5. The Kier molecular flexibility index (Phi) is 6.86. The average Bonchev–Trinajstić information content (AvgIpc) is 2.61. The summed E-state index contributed by atoms with van der Waals surface area (Å²) in [5, 5.41) is 0. The molecule has 0 aliphatic rings. The molecule has 25 heavy (non-hydrogen) atoms.